The van der Waals surface area contributed by atoms with E-state index in [1.807, 2.05) is 0 Å². The number of aliphatic imine (C=N–C) groups is 1. The highest BCUT2D eigenvalue weighted by Crippen LogP contribution is 2.31. The Morgan fingerprint density at radius 2 is 2.27 bits per heavy atom. The lowest BCUT2D eigenvalue weighted by Gasteiger charge is -2.26. The van der Waals surface area contributed by atoms with Crippen molar-refractivity contribution in [2.45, 2.75) is 51.5 Å². The van der Waals surface area contributed by atoms with Gasteiger partial charge >= 0.3 is 0 Å². The maximum absolute atomic E-state index is 10.5. The van der Waals surface area contributed by atoms with Crippen molar-refractivity contribution in [2.24, 2.45) is 4.99 Å². The number of allylic oxidation sites excluding steroid dienone is 2. The lowest BCUT2D eigenvalue weighted by molar-refractivity contribution is 0.470. The van der Waals surface area contributed by atoms with Crippen molar-refractivity contribution in [1.82, 2.24) is 0 Å². The minimum absolute atomic E-state index is 0.296. The lowest BCUT2D eigenvalue weighted by atomic mass is 9.84. The summed E-state index contributed by atoms with van der Waals surface area (Å²) in [5.74, 6) is 0. The van der Waals surface area contributed by atoms with Crippen LogP contribution >= 0.6 is 0 Å². The normalized spacial score (nSPS) is 24.5. The van der Waals surface area contributed by atoms with Crippen molar-refractivity contribution >= 4 is 6.08 Å². The fourth-order valence-electron chi connectivity index (χ4n) is 2.14. The molecule has 82 valence electrons. The second-order valence-corrected chi connectivity index (χ2v) is 4.13. The van der Waals surface area contributed by atoms with Gasteiger partial charge < -0.3 is 0 Å². The molecule has 0 saturated carbocycles. The molecule has 0 bridgehead atoms. The van der Waals surface area contributed by atoms with Crippen LogP contribution in [0.5, 0.6) is 0 Å². The minimum Gasteiger partial charge on any atom is -0.211 e. The van der Waals surface area contributed by atoms with Crippen molar-refractivity contribution in [3.63, 3.8) is 0 Å². The first-order valence-electron chi connectivity index (χ1n) is 5.73. The summed E-state index contributed by atoms with van der Waals surface area (Å²) in [5, 5.41) is 0. The minimum atomic E-state index is -0.296. The van der Waals surface area contributed by atoms with Gasteiger partial charge in [-0.2, -0.15) is 4.99 Å². The maximum Gasteiger partial charge on any atom is 0.235 e. The van der Waals surface area contributed by atoms with Gasteiger partial charge in [-0.05, 0) is 24.8 Å². The third-order valence-electron chi connectivity index (χ3n) is 2.75. The van der Waals surface area contributed by atoms with Gasteiger partial charge in [0.15, 0.2) is 0 Å². The van der Waals surface area contributed by atoms with Crippen LogP contribution in [0.1, 0.15) is 46.0 Å². The fourth-order valence-corrected chi connectivity index (χ4v) is 2.14. The summed E-state index contributed by atoms with van der Waals surface area (Å²) < 4.78 is 0. The summed E-state index contributed by atoms with van der Waals surface area (Å²) >= 11 is 0. The highest BCUT2D eigenvalue weighted by atomic mass is 16.1. The molecule has 2 heteroatoms. The van der Waals surface area contributed by atoms with Gasteiger partial charge in [0.05, 0.1) is 5.54 Å². The van der Waals surface area contributed by atoms with E-state index >= 15 is 0 Å². The van der Waals surface area contributed by atoms with E-state index in [0.717, 1.165) is 32.1 Å². The van der Waals surface area contributed by atoms with E-state index in [0.29, 0.717) is 0 Å². The smallest absolute Gasteiger partial charge is 0.211 e. The zero-order valence-corrected chi connectivity index (χ0v) is 9.62. The Morgan fingerprint density at radius 1 is 1.47 bits per heavy atom. The Morgan fingerprint density at radius 3 is 2.87 bits per heavy atom. The first kappa shape index (κ1) is 11.9. The maximum atomic E-state index is 10.5. The molecular weight excluding hydrogens is 186 g/mol. The standard InChI is InChI=1S/C13H19NO/c1-3-6-12-7-5-9-13(10-12,8-4-2)14-11-15/h5,7,10H,3-4,6,8-9H2,1-2H3. The monoisotopic (exact) mass is 205 g/mol. The molecule has 0 fully saturated rings. The van der Waals surface area contributed by atoms with E-state index in [2.05, 4.69) is 37.1 Å². The van der Waals surface area contributed by atoms with Crippen molar-refractivity contribution in [1.29, 1.82) is 0 Å². The molecule has 15 heavy (non-hydrogen) atoms. The number of carbonyl (C=O) groups excluding carboxylic acids is 1. The van der Waals surface area contributed by atoms with Gasteiger partial charge in [-0.15, -0.1) is 0 Å². The summed E-state index contributed by atoms with van der Waals surface area (Å²) in [5.41, 5.74) is 1.01. The Hall–Kier alpha value is -1.14. The summed E-state index contributed by atoms with van der Waals surface area (Å²) in [6.07, 6.45) is 13.2. The van der Waals surface area contributed by atoms with Crippen molar-refractivity contribution in [2.75, 3.05) is 0 Å². The SMILES string of the molecule is CCCC1=CC(CCC)(N=C=O)CC=C1. The number of hydrogen-bond donors (Lipinski definition) is 0. The third-order valence-corrected chi connectivity index (χ3v) is 2.75. The highest BCUT2D eigenvalue weighted by Gasteiger charge is 2.27. The predicted molar refractivity (Wildman–Crippen MR) is 62.5 cm³/mol. The molecule has 0 aromatic carbocycles. The Kier molecular flexibility index (Phi) is 4.51. The van der Waals surface area contributed by atoms with Crippen LogP contribution in [0.15, 0.2) is 28.8 Å². The van der Waals surface area contributed by atoms with Gasteiger partial charge in [-0.3, -0.25) is 0 Å². The molecule has 0 spiro atoms. The van der Waals surface area contributed by atoms with Crippen LogP contribution < -0.4 is 0 Å². The Balaban J connectivity index is 2.89. The van der Waals surface area contributed by atoms with Gasteiger partial charge in [0.2, 0.25) is 6.08 Å². The molecule has 1 aliphatic rings. The van der Waals surface area contributed by atoms with Gasteiger partial charge in [0.25, 0.3) is 0 Å². The van der Waals surface area contributed by atoms with E-state index in [9.17, 15) is 4.79 Å². The summed E-state index contributed by atoms with van der Waals surface area (Å²) in [7, 11) is 0. The molecule has 0 saturated heterocycles. The number of isocyanates is 1. The van der Waals surface area contributed by atoms with E-state index < -0.39 is 0 Å². The molecule has 0 aromatic heterocycles. The van der Waals surface area contributed by atoms with Crippen LogP contribution in [0, 0.1) is 0 Å². The second kappa shape index (κ2) is 5.67. The molecule has 1 rings (SSSR count). The van der Waals surface area contributed by atoms with Gasteiger partial charge in [-0.1, -0.05) is 44.9 Å². The second-order valence-electron chi connectivity index (χ2n) is 4.13. The Labute approximate surface area is 91.8 Å². The first-order valence-corrected chi connectivity index (χ1v) is 5.73. The molecule has 0 aliphatic heterocycles. The zero-order valence-electron chi connectivity index (χ0n) is 9.62. The van der Waals surface area contributed by atoms with Crippen LogP contribution in [0.25, 0.3) is 0 Å². The zero-order chi connectivity index (χ0) is 11.1. The molecule has 0 N–H and O–H groups in total. The van der Waals surface area contributed by atoms with Crippen LogP contribution in [0.4, 0.5) is 0 Å². The van der Waals surface area contributed by atoms with Crippen molar-refractivity contribution < 1.29 is 4.79 Å². The average Bonchev–Trinajstić information content (AvgIpc) is 2.19. The molecule has 0 aromatic rings. The van der Waals surface area contributed by atoms with Crippen LogP contribution in [-0.2, 0) is 4.79 Å². The number of nitrogens with zero attached hydrogens (tertiary/aromatic N) is 1. The van der Waals surface area contributed by atoms with Gasteiger partial charge in [0.1, 0.15) is 0 Å². The predicted octanol–water partition coefficient (Wildman–Crippen LogP) is 3.55. The summed E-state index contributed by atoms with van der Waals surface area (Å²) in [6.45, 7) is 4.28. The third kappa shape index (κ3) is 3.17. The molecular formula is C13H19NO. The molecule has 0 radical (unpaired) electrons. The Bertz CT molecular complexity index is 310. The number of hydrogen-bond acceptors (Lipinski definition) is 2. The quantitative estimate of drug-likeness (QED) is 0.498. The van der Waals surface area contributed by atoms with E-state index in [4.69, 9.17) is 0 Å². The molecule has 0 amide bonds. The van der Waals surface area contributed by atoms with E-state index in [1.165, 1.54) is 5.57 Å². The van der Waals surface area contributed by atoms with Crippen LogP contribution in [0.2, 0.25) is 0 Å². The highest BCUT2D eigenvalue weighted by molar-refractivity contribution is 5.39. The van der Waals surface area contributed by atoms with Crippen LogP contribution in [-0.4, -0.2) is 11.6 Å². The molecule has 1 atom stereocenters. The van der Waals surface area contributed by atoms with Crippen LogP contribution in [0.3, 0.4) is 0 Å². The first-order chi connectivity index (χ1) is 7.26. The van der Waals surface area contributed by atoms with Gasteiger partial charge in [0, 0.05) is 0 Å². The number of rotatable bonds is 5. The average molecular weight is 205 g/mol. The van der Waals surface area contributed by atoms with Gasteiger partial charge in [-0.25, -0.2) is 4.79 Å². The summed E-state index contributed by atoms with van der Waals surface area (Å²) in [6, 6.07) is 0. The fraction of sp³-hybridized carbons (Fsp3) is 0.615. The molecule has 1 unspecified atom stereocenters. The van der Waals surface area contributed by atoms with E-state index in [1.54, 1.807) is 6.08 Å². The van der Waals surface area contributed by atoms with Crippen molar-refractivity contribution in [3.8, 4) is 0 Å². The van der Waals surface area contributed by atoms with E-state index in [-0.39, 0.29) is 5.54 Å². The largest absolute Gasteiger partial charge is 0.235 e. The molecule has 0 heterocycles. The molecule has 1 aliphatic carbocycles. The summed E-state index contributed by atoms with van der Waals surface area (Å²) in [4.78, 5) is 14.5. The van der Waals surface area contributed by atoms with Crippen molar-refractivity contribution in [3.05, 3.63) is 23.8 Å². The molecule has 2 nitrogen and oxygen atoms in total. The topological polar surface area (TPSA) is 29.4 Å². The lowest BCUT2D eigenvalue weighted by Crippen LogP contribution is -2.25.